The molecule has 158 valence electrons. The third-order valence-corrected chi connectivity index (χ3v) is 5.53. The first-order valence-electron chi connectivity index (χ1n) is 9.65. The molecule has 2 amide bonds. The van der Waals surface area contributed by atoms with E-state index in [9.17, 15) is 9.59 Å². The normalized spacial score (nSPS) is 14.3. The zero-order chi connectivity index (χ0) is 21.2. The number of ether oxygens (including phenoxy) is 2. The van der Waals surface area contributed by atoms with Crippen LogP contribution < -0.4 is 20.1 Å². The van der Waals surface area contributed by atoms with Crippen molar-refractivity contribution in [2.75, 3.05) is 17.9 Å². The molecule has 3 aromatic rings. The zero-order valence-electron chi connectivity index (χ0n) is 16.3. The van der Waals surface area contributed by atoms with Crippen LogP contribution in [-0.4, -0.2) is 50.2 Å². The van der Waals surface area contributed by atoms with E-state index in [0.717, 1.165) is 12.8 Å². The molecule has 2 aliphatic rings. The predicted octanol–water partition coefficient (Wildman–Crippen LogP) is 2.01. The molecule has 1 aliphatic carbocycles. The molecule has 10 nitrogen and oxygen atoms in total. The van der Waals surface area contributed by atoms with Crippen molar-refractivity contribution in [2.45, 2.75) is 23.9 Å². The maximum atomic E-state index is 12.3. The Hall–Kier alpha value is -3.60. The van der Waals surface area contributed by atoms with Gasteiger partial charge in [0.25, 0.3) is 5.91 Å². The van der Waals surface area contributed by atoms with Crippen LogP contribution in [-0.2, 0) is 4.79 Å². The highest BCUT2D eigenvalue weighted by Gasteiger charge is 2.24. The van der Waals surface area contributed by atoms with Gasteiger partial charge in [-0.05, 0) is 31.0 Å². The molecule has 1 fully saturated rings. The summed E-state index contributed by atoms with van der Waals surface area (Å²) in [5.74, 6) is 1.58. The van der Waals surface area contributed by atoms with E-state index in [1.165, 1.54) is 22.8 Å². The topological polar surface area (TPSA) is 120 Å². The smallest absolute Gasteiger partial charge is 0.272 e. The molecule has 0 unspecified atom stereocenters. The summed E-state index contributed by atoms with van der Waals surface area (Å²) in [6, 6.07) is 8.86. The molecule has 0 radical (unpaired) electrons. The van der Waals surface area contributed by atoms with Crippen molar-refractivity contribution in [1.29, 1.82) is 0 Å². The minimum absolute atomic E-state index is 0.166. The number of nitrogens with zero attached hydrogens (tertiary/aromatic N) is 4. The Morgan fingerprint density at radius 1 is 1.13 bits per heavy atom. The standard InChI is InChI=1S/C20H18N6O4S/c27-18(23-13-3-4-15-16(7-13)30-11-29-15)9-31-19-8-17(21-10-22-19)26-6-5-14(25-26)20(28)24-12-1-2-12/h3-8,10,12H,1-2,9,11H2,(H,23,27)(H,24,28). The Morgan fingerprint density at radius 3 is 2.87 bits per heavy atom. The lowest BCUT2D eigenvalue weighted by Gasteiger charge is -2.06. The van der Waals surface area contributed by atoms with Gasteiger partial charge in [-0.25, -0.2) is 14.6 Å². The van der Waals surface area contributed by atoms with E-state index in [-0.39, 0.29) is 30.4 Å². The third kappa shape index (κ3) is 4.61. The Labute approximate surface area is 181 Å². The van der Waals surface area contributed by atoms with Gasteiger partial charge in [0, 0.05) is 30.1 Å². The lowest BCUT2D eigenvalue weighted by atomic mass is 10.3. The Balaban J connectivity index is 1.19. The fourth-order valence-electron chi connectivity index (χ4n) is 2.90. The Kier molecular flexibility index (Phi) is 5.16. The second-order valence-electron chi connectivity index (χ2n) is 7.01. The molecule has 0 saturated heterocycles. The molecule has 0 atom stereocenters. The van der Waals surface area contributed by atoms with Crippen LogP contribution in [0.25, 0.3) is 5.82 Å². The number of rotatable bonds is 7. The molecule has 2 aromatic heterocycles. The fraction of sp³-hybridized carbons (Fsp3) is 0.250. The van der Waals surface area contributed by atoms with Gasteiger partial charge in [-0.15, -0.1) is 0 Å². The lowest BCUT2D eigenvalue weighted by molar-refractivity contribution is -0.113. The highest BCUT2D eigenvalue weighted by molar-refractivity contribution is 7.99. The van der Waals surface area contributed by atoms with Gasteiger partial charge in [0.05, 0.1) is 5.75 Å². The van der Waals surface area contributed by atoms with Crippen LogP contribution in [0.4, 0.5) is 5.69 Å². The molecule has 0 spiro atoms. The average Bonchev–Trinajstić information content (AvgIpc) is 3.26. The van der Waals surface area contributed by atoms with Crippen LogP contribution in [0.15, 0.2) is 47.9 Å². The highest BCUT2D eigenvalue weighted by atomic mass is 32.2. The first kappa shape index (κ1) is 19.4. The Morgan fingerprint density at radius 2 is 2.00 bits per heavy atom. The number of carbonyl (C=O) groups excluding carboxylic acids is 2. The van der Waals surface area contributed by atoms with Crippen LogP contribution in [0.3, 0.4) is 0 Å². The summed E-state index contributed by atoms with van der Waals surface area (Å²) in [6.45, 7) is 0.182. The summed E-state index contributed by atoms with van der Waals surface area (Å²) in [5.41, 5.74) is 0.967. The first-order valence-corrected chi connectivity index (χ1v) is 10.6. The van der Waals surface area contributed by atoms with E-state index in [4.69, 9.17) is 9.47 Å². The lowest BCUT2D eigenvalue weighted by Crippen LogP contribution is -2.25. The van der Waals surface area contributed by atoms with Crippen LogP contribution >= 0.6 is 11.8 Å². The van der Waals surface area contributed by atoms with Crippen LogP contribution in [0, 0.1) is 0 Å². The van der Waals surface area contributed by atoms with Gasteiger partial charge < -0.3 is 20.1 Å². The molecular formula is C20H18N6O4S. The van der Waals surface area contributed by atoms with E-state index in [0.29, 0.717) is 33.7 Å². The minimum Gasteiger partial charge on any atom is -0.454 e. The SMILES string of the molecule is O=C(CSc1cc(-n2ccc(C(=O)NC3CC3)n2)ncn1)Nc1ccc2c(c1)OCO2. The molecular weight excluding hydrogens is 420 g/mol. The summed E-state index contributed by atoms with van der Waals surface area (Å²) in [4.78, 5) is 32.8. The molecule has 5 rings (SSSR count). The number of aromatic nitrogens is 4. The fourth-order valence-corrected chi connectivity index (χ4v) is 3.57. The third-order valence-electron chi connectivity index (χ3n) is 4.60. The molecule has 1 aliphatic heterocycles. The number of amides is 2. The summed E-state index contributed by atoms with van der Waals surface area (Å²) in [6.07, 6.45) is 5.10. The van der Waals surface area contributed by atoms with Crippen molar-refractivity contribution in [3.63, 3.8) is 0 Å². The minimum atomic E-state index is -0.190. The monoisotopic (exact) mass is 438 g/mol. The highest BCUT2D eigenvalue weighted by Crippen LogP contribution is 2.34. The van der Waals surface area contributed by atoms with Crippen LogP contribution in [0.2, 0.25) is 0 Å². The van der Waals surface area contributed by atoms with Gasteiger partial charge >= 0.3 is 0 Å². The number of benzene rings is 1. The van der Waals surface area contributed by atoms with Crippen LogP contribution in [0.5, 0.6) is 11.5 Å². The zero-order valence-corrected chi connectivity index (χ0v) is 17.1. The number of hydrogen-bond acceptors (Lipinski definition) is 8. The summed E-state index contributed by atoms with van der Waals surface area (Å²) in [7, 11) is 0. The van der Waals surface area contributed by atoms with Crippen molar-refractivity contribution in [3.8, 4) is 17.3 Å². The average molecular weight is 438 g/mol. The number of hydrogen-bond donors (Lipinski definition) is 2. The summed E-state index contributed by atoms with van der Waals surface area (Å²) in [5, 5.41) is 10.6. The quantitative estimate of drug-likeness (QED) is 0.425. The van der Waals surface area contributed by atoms with Crippen molar-refractivity contribution < 1.29 is 19.1 Å². The van der Waals surface area contributed by atoms with E-state index in [1.807, 2.05) is 0 Å². The maximum Gasteiger partial charge on any atom is 0.272 e. The van der Waals surface area contributed by atoms with E-state index < -0.39 is 0 Å². The van der Waals surface area contributed by atoms with Crippen LogP contribution in [0.1, 0.15) is 23.3 Å². The molecule has 1 saturated carbocycles. The van der Waals surface area contributed by atoms with Crippen molar-refractivity contribution in [2.24, 2.45) is 0 Å². The number of fused-ring (bicyclic) bond motifs is 1. The molecule has 31 heavy (non-hydrogen) atoms. The second kappa shape index (κ2) is 8.26. The second-order valence-corrected chi connectivity index (χ2v) is 8.01. The van der Waals surface area contributed by atoms with Crippen molar-refractivity contribution in [3.05, 3.63) is 48.5 Å². The molecule has 3 heterocycles. The number of carbonyl (C=O) groups is 2. The maximum absolute atomic E-state index is 12.3. The predicted molar refractivity (Wildman–Crippen MR) is 112 cm³/mol. The molecule has 11 heteroatoms. The molecule has 0 bridgehead atoms. The number of nitrogens with one attached hydrogen (secondary N) is 2. The van der Waals surface area contributed by atoms with Gasteiger partial charge in [0.15, 0.2) is 23.0 Å². The van der Waals surface area contributed by atoms with Gasteiger partial charge in [-0.2, -0.15) is 5.10 Å². The van der Waals surface area contributed by atoms with Gasteiger partial charge in [-0.1, -0.05) is 11.8 Å². The molecule has 1 aromatic carbocycles. The number of thioether (sulfide) groups is 1. The van der Waals surface area contributed by atoms with Gasteiger partial charge in [0.1, 0.15) is 11.4 Å². The van der Waals surface area contributed by atoms with Crippen molar-refractivity contribution in [1.82, 2.24) is 25.1 Å². The number of anilines is 1. The van der Waals surface area contributed by atoms with Gasteiger partial charge in [-0.3, -0.25) is 9.59 Å². The Bertz CT molecular complexity index is 1150. The summed E-state index contributed by atoms with van der Waals surface area (Å²) < 4.78 is 12.1. The van der Waals surface area contributed by atoms with E-state index >= 15 is 0 Å². The first-order chi connectivity index (χ1) is 15.1. The van der Waals surface area contributed by atoms with Crippen molar-refractivity contribution >= 4 is 29.3 Å². The van der Waals surface area contributed by atoms with Gasteiger partial charge in [0.2, 0.25) is 12.7 Å². The van der Waals surface area contributed by atoms with E-state index in [2.05, 4.69) is 25.7 Å². The molecule has 2 N–H and O–H groups in total. The van der Waals surface area contributed by atoms with E-state index in [1.54, 1.807) is 36.5 Å². The largest absolute Gasteiger partial charge is 0.454 e. The summed E-state index contributed by atoms with van der Waals surface area (Å²) >= 11 is 1.27.